The summed E-state index contributed by atoms with van der Waals surface area (Å²) in [5.74, 6) is -12.8. The number of alkyl halides is 2. The Labute approximate surface area is 179 Å². The first-order chi connectivity index (χ1) is 15.2. The molecule has 13 heteroatoms. The van der Waals surface area contributed by atoms with Gasteiger partial charge in [-0.15, -0.1) is 0 Å². The van der Waals surface area contributed by atoms with E-state index < -0.39 is 53.0 Å². The Morgan fingerprint density at radius 1 is 1.00 bits per heavy atom. The van der Waals surface area contributed by atoms with E-state index in [1.54, 1.807) is 11.4 Å². The van der Waals surface area contributed by atoms with Crippen LogP contribution >= 0.6 is 11.8 Å². The van der Waals surface area contributed by atoms with Gasteiger partial charge in [0.1, 0.15) is 11.4 Å². The number of anilines is 1. The van der Waals surface area contributed by atoms with Crippen molar-refractivity contribution in [2.24, 2.45) is 0 Å². The second kappa shape index (κ2) is 9.85. The maximum Gasteiger partial charge on any atom is 0.387 e. The number of thioether (sulfide) groups is 1. The topological polar surface area (TPSA) is 64.1 Å². The first-order valence-electron chi connectivity index (χ1n) is 8.49. The molecule has 0 atom stereocenters. The fourth-order valence-electron chi connectivity index (χ4n) is 2.42. The molecule has 0 saturated heterocycles. The third kappa shape index (κ3) is 5.28. The number of rotatable bonds is 7. The minimum atomic E-state index is -3.02. The number of nitrogens with zero attached hydrogens (tertiary/aromatic N) is 2. The molecule has 0 radical (unpaired) electrons. The zero-order chi connectivity index (χ0) is 23.4. The second-order valence-corrected chi connectivity index (χ2v) is 6.86. The first-order valence-corrected chi connectivity index (χ1v) is 9.48. The Hall–Kier alpha value is -3.35. The minimum Gasteiger partial charge on any atom is -0.435 e. The largest absolute Gasteiger partial charge is 0.435 e. The summed E-state index contributed by atoms with van der Waals surface area (Å²) >= 11 is 0.703. The predicted octanol–water partition coefficient (Wildman–Crippen LogP) is 5.17. The molecule has 0 spiro atoms. The van der Waals surface area contributed by atoms with Crippen molar-refractivity contribution in [3.63, 3.8) is 0 Å². The van der Waals surface area contributed by atoms with Gasteiger partial charge in [-0.2, -0.15) is 8.78 Å². The standard InChI is InChI=1S/C19H10F7N3O2S/c20-12-13(21)15(23)17(16(24)14(12)22)29-11(30)7-32-19-27-5-4-10(28-19)8-2-1-3-9(6-8)31-18(25)26/h1-6,18H,7H2,(H,29,30). The molecular weight excluding hydrogens is 467 g/mol. The predicted molar refractivity (Wildman–Crippen MR) is 99.7 cm³/mol. The molecule has 2 aromatic carbocycles. The van der Waals surface area contributed by atoms with Crippen molar-refractivity contribution in [2.75, 3.05) is 11.1 Å². The molecule has 1 amide bonds. The Balaban J connectivity index is 1.71. The SMILES string of the molecule is O=C(CSc1nccc(-c2cccc(OC(F)F)c2)n1)Nc1c(F)c(F)c(F)c(F)c1F. The lowest BCUT2D eigenvalue weighted by molar-refractivity contribution is -0.113. The number of aromatic nitrogens is 2. The summed E-state index contributed by atoms with van der Waals surface area (Å²) in [6.07, 6.45) is 1.31. The van der Waals surface area contributed by atoms with Crippen molar-refractivity contribution in [1.29, 1.82) is 0 Å². The van der Waals surface area contributed by atoms with Crippen LogP contribution < -0.4 is 10.1 Å². The lowest BCUT2D eigenvalue weighted by Gasteiger charge is -2.10. The number of amides is 1. The van der Waals surface area contributed by atoms with Crippen molar-refractivity contribution in [3.8, 4) is 17.0 Å². The monoisotopic (exact) mass is 477 g/mol. The van der Waals surface area contributed by atoms with Crippen molar-refractivity contribution < 1.29 is 40.3 Å². The van der Waals surface area contributed by atoms with E-state index in [0.29, 0.717) is 23.0 Å². The van der Waals surface area contributed by atoms with Crippen molar-refractivity contribution >= 4 is 23.4 Å². The molecule has 0 fully saturated rings. The minimum absolute atomic E-state index is 0.0234. The van der Waals surface area contributed by atoms with E-state index in [2.05, 4.69) is 14.7 Å². The summed E-state index contributed by atoms with van der Waals surface area (Å²) in [4.78, 5) is 20.0. The Morgan fingerprint density at radius 2 is 1.66 bits per heavy atom. The summed E-state index contributed by atoms with van der Waals surface area (Å²) in [5.41, 5.74) is -0.779. The van der Waals surface area contributed by atoms with E-state index in [9.17, 15) is 35.5 Å². The third-order valence-electron chi connectivity index (χ3n) is 3.80. The number of ether oxygens (including phenoxy) is 1. The average Bonchev–Trinajstić information content (AvgIpc) is 2.78. The van der Waals surface area contributed by atoms with Crippen molar-refractivity contribution in [1.82, 2.24) is 9.97 Å². The molecule has 0 aliphatic heterocycles. The summed E-state index contributed by atoms with van der Waals surface area (Å²) in [6, 6.07) is 7.10. The summed E-state index contributed by atoms with van der Waals surface area (Å²) in [6.45, 7) is -3.02. The molecule has 168 valence electrons. The van der Waals surface area contributed by atoms with Gasteiger partial charge in [-0.25, -0.2) is 31.9 Å². The van der Waals surface area contributed by atoms with Gasteiger partial charge in [0.15, 0.2) is 28.4 Å². The van der Waals surface area contributed by atoms with Crippen LogP contribution in [0.5, 0.6) is 5.75 Å². The van der Waals surface area contributed by atoms with Crippen LogP contribution in [-0.2, 0) is 4.79 Å². The van der Waals surface area contributed by atoms with Gasteiger partial charge in [0.25, 0.3) is 0 Å². The molecule has 0 aliphatic carbocycles. The van der Waals surface area contributed by atoms with Crippen LogP contribution in [0.2, 0.25) is 0 Å². The molecule has 32 heavy (non-hydrogen) atoms. The molecular formula is C19H10F7N3O2S. The highest BCUT2D eigenvalue weighted by Crippen LogP contribution is 2.28. The fraction of sp³-hybridized carbons (Fsp3) is 0.105. The second-order valence-electron chi connectivity index (χ2n) is 5.91. The van der Waals surface area contributed by atoms with Gasteiger partial charge >= 0.3 is 6.61 Å². The highest BCUT2D eigenvalue weighted by atomic mass is 32.2. The zero-order valence-corrected chi connectivity index (χ0v) is 16.3. The van der Waals surface area contributed by atoms with Crippen LogP contribution in [0.1, 0.15) is 0 Å². The Bertz CT molecular complexity index is 1130. The molecule has 1 aromatic heterocycles. The molecule has 5 nitrogen and oxygen atoms in total. The van der Waals surface area contributed by atoms with Crippen LogP contribution in [-0.4, -0.2) is 28.2 Å². The van der Waals surface area contributed by atoms with Crippen LogP contribution in [0.4, 0.5) is 36.4 Å². The van der Waals surface area contributed by atoms with E-state index in [-0.39, 0.29) is 10.9 Å². The fourth-order valence-corrected chi connectivity index (χ4v) is 3.05. The van der Waals surface area contributed by atoms with Gasteiger partial charge < -0.3 is 10.1 Å². The van der Waals surface area contributed by atoms with E-state index in [1.165, 1.54) is 30.5 Å². The molecule has 0 aliphatic rings. The van der Waals surface area contributed by atoms with Gasteiger partial charge in [-0.3, -0.25) is 4.79 Å². The van der Waals surface area contributed by atoms with Crippen LogP contribution in [0.15, 0.2) is 41.7 Å². The Morgan fingerprint density at radius 3 is 2.31 bits per heavy atom. The molecule has 0 bridgehead atoms. The molecule has 0 unspecified atom stereocenters. The van der Waals surface area contributed by atoms with Gasteiger partial charge in [-0.05, 0) is 18.2 Å². The third-order valence-corrected chi connectivity index (χ3v) is 4.66. The van der Waals surface area contributed by atoms with Crippen molar-refractivity contribution in [2.45, 2.75) is 11.8 Å². The molecule has 1 N–H and O–H groups in total. The molecule has 3 rings (SSSR count). The summed E-state index contributed by atoms with van der Waals surface area (Å²) in [7, 11) is 0. The maximum atomic E-state index is 13.7. The summed E-state index contributed by atoms with van der Waals surface area (Å²) in [5, 5.41) is 1.65. The lowest BCUT2D eigenvalue weighted by atomic mass is 10.1. The molecule has 0 saturated carbocycles. The van der Waals surface area contributed by atoms with Crippen LogP contribution in [0, 0.1) is 29.1 Å². The number of nitrogens with one attached hydrogen (secondary N) is 1. The van der Waals surface area contributed by atoms with Crippen LogP contribution in [0.25, 0.3) is 11.3 Å². The number of carbonyl (C=O) groups excluding carboxylic acids is 1. The van der Waals surface area contributed by atoms with E-state index in [4.69, 9.17) is 0 Å². The highest BCUT2D eigenvalue weighted by Gasteiger charge is 2.26. The average molecular weight is 477 g/mol. The van der Waals surface area contributed by atoms with Gasteiger partial charge in [0.2, 0.25) is 11.7 Å². The number of benzene rings is 2. The van der Waals surface area contributed by atoms with Gasteiger partial charge in [0, 0.05) is 11.8 Å². The number of hydrogen-bond donors (Lipinski definition) is 1. The summed E-state index contributed by atoms with van der Waals surface area (Å²) < 4.78 is 95.9. The van der Waals surface area contributed by atoms with E-state index >= 15 is 0 Å². The van der Waals surface area contributed by atoms with Gasteiger partial charge in [-0.1, -0.05) is 23.9 Å². The smallest absolute Gasteiger partial charge is 0.387 e. The van der Waals surface area contributed by atoms with Gasteiger partial charge in [0.05, 0.1) is 11.4 Å². The number of carbonyl (C=O) groups is 1. The first kappa shape index (κ1) is 23.3. The zero-order valence-electron chi connectivity index (χ0n) is 15.5. The molecule has 1 heterocycles. The maximum absolute atomic E-state index is 13.7. The van der Waals surface area contributed by atoms with Crippen molar-refractivity contribution in [3.05, 3.63) is 65.6 Å². The van der Waals surface area contributed by atoms with E-state index in [0.717, 1.165) is 0 Å². The number of hydrogen-bond acceptors (Lipinski definition) is 5. The quantitative estimate of drug-likeness (QED) is 0.167. The Kier molecular flexibility index (Phi) is 7.18. The van der Waals surface area contributed by atoms with Crippen LogP contribution in [0.3, 0.4) is 0 Å². The number of halogens is 7. The highest BCUT2D eigenvalue weighted by molar-refractivity contribution is 7.99. The van der Waals surface area contributed by atoms with E-state index in [1.807, 2.05) is 0 Å². The normalized spacial score (nSPS) is 11.0. The molecule has 3 aromatic rings. The lowest BCUT2D eigenvalue weighted by Crippen LogP contribution is -2.18.